The summed E-state index contributed by atoms with van der Waals surface area (Å²) in [5.74, 6) is -0.854. The number of fused-ring (bicyclic) bond motifs is 1. The minimum Gasteiger partial charge on any atom is -0.466 e. The second kappa shape index (κ2) is 14.6. The van der Waals surface area contributed by atoms with Crippen LogP contribution in [0, 0.1) is 0 Å². The number of likely N-dealkylation sites (N-methyl/N-ethyl adjacent to an activating group) is 2. The third kappa shape index (κ3) is 8.82. The lowest BCUT2D eigenvalue weighted by Crippen LogP contribution is -2.53. The Balaban J connectivity index is 0.000000572. The number of amides is 2. The number of nitrogens with one attached hydrogen (secondary N) is 1. The topological polar surface area (TPSA) is 102 Å². The van der Waals surface area contributed by atoms with Crippen LogP contribution >= 0.6 is 0 Å². The van der Waals surface area contributed by atoms with Crippen molar-refractivity contribution in [3.8, 4) is 0 Å². The van der Waals surface area contributed by atoms with Crippen LogP contribution in [0.1, 0.15) is 31.4 Å². The Bertz CT molecular complexity index is 1130. The van der Waals surface area contributed by atoms with E-state index in [0.717, 1.165) is 28.3 Å². The largest absolute Gasteiger partial charge is 0.466 e. The molecule has 7 nitrogen and oxygen atoms in total. The van der Waals surface area contributed by atoms with E-state index in [2.05, 4.69) is 34.3 Å². The van der Waals surface area contributed by atoms with E-state index in [-0.39, 0.29) is 11.9 Å². The molecule has 3 N–H and O–H groups in total. The van der Waals surface area contributed by atoms with Gasteiger partial charge in [-0.05, 0) is 41.8 Å². The van der Waals surface area contributed by atoms with Crippen molar-refractivity contribution in [1.82, 2.24) is 10.2 Å². The van der Waals surface area contributed by atoms with Crippen LogP contribution in [-0.2, 0) is 32.0 Å². The van der Waals surface area contributed by atoms with Crippen molar-refractivity contribution in [3.63, 3.8) is 0 Å². The molecular weight excluding hydrogens is 454 g/mol. The molecule has 192 valence electrons. The smallest absolute Gasteiger partial charge is 0.302 e. The minimum atomic E-state index is -0.697. The molecule has 3 aromatic carbocycles. The maximum Gasteiger partial charge on any atom is 0.302 e. The zero-order chi connectivity index (χ0) is 26.5. The van der Waals surface area contributed by atoms with Gasteiger partial charge in [-0.1, -0.05) is 79.7 Å². The van der Waals surface area contributed by atoms with Gasteiger partial charge >= 0.3 is 5.97 Å². The molecule has 2 atom stereocenters. The third-order valence-corrected chi connectivity index (χ3v) is 5.83. The average Bonchev–Trinajstić information content (AvgIpc) is 2.89. The van der Waals surface area contributed by atoms with Gasteiger partial charge in [0.05, 0.1) is 12.6 Å². The summed E-state index contributed by atoms with van der Waals surface area (Å²) in [7, 11) is 3.40. The number of carbonyl (C=O) groups excluding carboxylic acids is 3. The van der Waals surface area contributed by atoms with Gasteiger partial charge in [-0.15, -0.1) is 0 Å². The Labute approximate surface area is 213 Å². The monoisotopic (exact) mass is 491 g/mol. The van der Waals surface area contributed by atoms with Gasteiger partial charge < -0.3 is 20.7 Å². The summed E-state index contributed by atoms with van der Waals surface area (Å²) >= 11 is 0. The maximum absolute atomic E-state index is 13.1. The lowest BCUT2D eigenvalue weighted by Gasteiger charge is -2.29. The van der Waals surface area contributed by atoms with Crippen molar-refractivity contribution in [2.45, 2.75) is 45.2 Å². The van der Waals surface area contributed by atoms with Crippen LogP contribution in [0.2, 0.25) is 0 Å². The molecule has 0 aromatic heterocycles. The van der Waals surface area contributed by atoms with Crippen LogP contribution in [0.4, 0.5) is 0 Å². The molecule has 7 heteroatoms. The number of benzene rings is 3. The normalized spacial score (nSPS) is 12.1. The molecule has 0 aliphatic carbocycles. The van der Waals surface area contributed by atoms with Crippen LogP contribution in [0.15, 0.2) is 72.8 Å². The first-order valence-corrected chi connectivity index (χ1v) is 12.1. The number of hydrogen-bond donors (Lipinski definition) is 2. The zero-order valence-electron chi connectivity index (χ0n) is 21.6. The van der Waals surface area contributed by atoms with Crippen molar-refractivity contribution >= 4 is 28.6 Å². The van der Waals surface area contributed by atoms with Crippen molar-refractivity contribution in [1.29, 1.82) is 0 Å². The molecular formula is C29H37N3O4. The first-order chi connectivity index (χ1) is 17.3. The van der Waals surface area contributed by atoms with E-state index in [1.54, 1.807) is 14.1 Å². The Morgan fingerprint density at radius 1 is 0.917 bits per heavy atom. The number of rotatable bonds is 10. The second-order valence-electron chi connectivity index (χ2n) is 8.62. The highest BCUT2D eigenvalue weighted by Crippen LogP contribution is 2.18. The maximum atomic E-state index is 13.1. The van der Waals surface area contributed by atoms with Gasteiger partial charge in [-0.3, -0.25) is 14.4 Å². The molecule has 0 aliphatic heterocycles. The summed E-state index contributed by atoms with van der Waals surface area (Å²) in [5.41, 5.74) is 7.65. The zero-order valence-corrected chi connectivity index (χ0v) is 21.6. The van der Waals surface area contributed by atoms with Crippen LogP contribution in [-0.4, -0.2) is 55.5 Å². The summed E-state index contributed by atoms with van der Waals surface area (Å²) in [6.45, 7) is 3.92. The molecule has 0 saturated carbocycles. The van der Waals surface area contributed by atoms with Crippen LogP contribution < -0.4 is 11.1 Å². The third-order valence-electron chi connectivity index (χ3n) is 5.83. The number of esters is 1. The summed E-state index contributed by atoms with van der Waals surface area (Å²) in [6, 6.07) is 22.8. The quantitative estimate of drug-likeness (QED) is 0.423. The highest BCUT2D eigenvalue weighted by Gasteiger charge is 2.29. The number of nitrogens with two attached hydrogens (primary N) is 1. The molecule has 0 radical (unpaired) electrons. The van der Waals surface area contributed by atoms with Crippen LogP contribution in [0.5, 0.6) is 0 Å². The summed E-state index contributed by atoms with van der Waals surface area (Å²) in [5, 5.41) is 5.40. The van der Waals surface area contributed by atoms with Gasteiger partial charge in [0.15, 0.2) is 0 Å². The first kappa shape index (κ1) is 28.5. The highest BCUT2D eigenvalue weighted by molar-refractivity contribution is 5.89. The van der Waals surface area contributed by atoms with E-state index in [1.165, 1.54) is 11.8 Å². The second-order valence-corrected chi connectivity index (χ2v) is 8.62. The number of ether oxygens (including phenoxy) is 1. The van der Waals surface area contributed by atoms with E-state index in [4.69, 9.17) is 5.73 Å². The Morgan fingerprint density at radius 2 is 1.56 bits per heavy atom. The van der Waals surface area contributed by atoms with Crippen molar-refractivity contribution in [2.24, 2.45) is 5.73 Å². The molecule has 0 bridgehead atoms. The number of hydrogen-bond acceptors (Lipinski definition) is 5. The van der Waals surface area contributed by atoms with Gasteiger partial charge in [0, 0.05) is 20.4 Å². The van der Waals surface area contributed by atoms with Crippen LogP contribution in [0.25, 0.3) is 10.8 Å². The first-order valence-electron chi connectivity index (χ1n) is 12.1. The fourth-order valence-electron chi connectivity index (χ4n) is 3.83. The lowest BCUT2D eigenvalue weighted by molar-refractivity contribution is -0.141. The number of primary amides is 1. The minimum absolute atomic E-state index is 0.152. The lowest BCUT2D eigenvalue weighted by atomic mass is 9.99. The summed E-state index contributed by atoms with van der Waals surface area (Å²) < 4.78 is 4.55. The highest BCUT2D eigenvalue weighted by atomic mass is 16.5. The van der Waals surface area contributed by atoms with E-state index in [9.17, 15) is 14.4 Å². The molecule has 0 fully saturated rings. The summed E-state index contributed by atoms with van der Waals surface area (Å²) in [4.78, 5) is 36.7. The molecule has 0 saturated heterocycles. The van der Waals surface area contributed by atoms with Crippen molar-refractivity contribution < 1.29 is 19.1 Å². The van der Waals surface area contributed by atoms with E-state index in [0.29, 0.717) is 19.4 Å². The number of nitrogens with zero attached hydrogens (tertiary/aromatic N) is 1. The molecule has 2 amide bonds. The van der Waals surface area contributed by atoms with E-state index < -0.39 is 18.0 Å². The summed E-state index contributed by atoms with van der Waals surface area (Å²) in [6.07, 6.45) is 1.83. The van der Waals surface area contributed by atoms with Gasteiger partial charge in [0.1, 0.15) is 6.04 Å². The van der Waals surface area contributed by atoms with Gasteiger partial charge in [0.25, 0.3) is 0 Å². The van der Waals surface area contributed by atoms with E-state index in [1.807, 2.05) is 55.5 Å². The Hall–Kier alpha value is -3.71. The Kier molecular flexibility index (Phi) is 11.6. The number of carbonyl (C=O) groups is 3. The Morgan fingerprint density at radius 3 is 2.11 bits per heavy atom. The van der Waals surface area contributed by atoms with Gasteiger partial charge in [-0.25, -0.2) is 0 Å². The SMILES string of the molecule is CCCOC(C)=O.CN[C@H](Cc1ccc2ccccc2c1)C(=O)N(C)[C@H](Cc1ccccc1)C(N)=O. The predicted octanol–water partition coefficient (Wildman–Crippen LogP) is 3.48. The van der Waals surface area contributed by atoms with Crippen LogP contribution in [0.3, 0.4) is 0 Å². The van der Waals surface area contributed by atoms with E-state index >= 15 is 0 Å². The molecule has 0 heterocycles. The standard InChI is InChI=1S/C24H27N3O2.C5H10O2/c1-26-21(15-18-12-13-19-10-6-7-11-20(19)14-18)24(29)27(2)22(23(25)28)16-17-8-4-3-5-9-17;1-3-4-7-5(2)6/h3-14,21-22,26H,15-16H2,1-2H3,(H2,25,28);3-4H2,1-2H3/t21-,22-;/m1./s1. The predicted molar refractivity (Wildman–Crippen MR) is 143 cm³/mol. The fourth-order valence-corrected chi connectivity index (χ4v) is 3.83. The molecule has 0 unspecified atom stereocenters. The van der Waals surface area contributed by atoms with Gasteiger partial charge in [0.2, 0.25) is 11.8 Å². The molecule has 3 aromatic rings. The molecule has 0 aliphatic rings. The van der Waals surface area contributed by atoms with Gasteiger partial charge in [-0.2, -0.15) is 0 Å². The van der Waals surface area contributed by atoms with Crippen molar-refractivity contribution in [3.05, 3.63) is 83.9 Å². The fraction of sp³-hybridized carbons (Fsp3) is 0.345. The van der Waals surface area contributed by atoms with Crippen molar-refractivity contribution in [2.75, 3.05) is 20.7 Å². The molecule has 0 spiro atoms. The average molecular weight is 492 g/mol. The molecule has 36 heavy (non-hydrogen) atoms. The molecule has 3 rings (SSSR count).